The van der Waals surface area contributed by atoms with E-state index in [1.807, 2.05) is 12.1 Å². The number of nitrogens with zero attached hydrogens (tertiary/aromatic N) is 4. The van der Waals surface area contributed by atoms with Crippen LogP contribution in [0.2, 0.25) is 0 Å². The van der Waals surface area contributed by atoms with Gasteiger partial charge >= 0.3 is 0 Å². The van der Waals surface area contributed by atoms with Crippen LogP contribution in [-0.4, -0.2) is 30.4 Å². The van der Waals surface area contributed by atoms with Crippen molar-refractivity contribution in [1.82, 2.24) is 8.87 Å². The topological polar surface area (TPSA) is 107 Å². The van der Waals surface area contributed by atoms with Crippen LogP contribution in [0.4, 0.5) is 0 Å². The molecule has 5 rings (SSSR count). The average molecular weight is 457 g/mol. The van der Waals surface area contributed by atoms with E-state index in [4.69, 9.17) is 0 Å². The van der Waals surface area contributed by atoms with Gasteiger partial charge < -0.3 is 4.57 Å². The third-order valence-electron chi connectivity index (χ3n) is 6.48. The molecule has 2 aliphatic rings. The Morgan fingerprint density at radius 1 is 0.909 bits per heavy atom. The Hall–Kier alpha value is -3.72. The number of hydrogen-bond donors (Lipinski definition) is 0. The predicted octanol–water partition coefficient (Wildman–Crippen LogP) is 3.07. The number of piperidine rings is 1. The minimum atomic E-state index is -3.87. The van der Waals surface area contributed by atoms with Gasteiger partial charge in [0, 0.05) is 42.9 Å². The zero-order valence-corrected chi connectivity index (χ0v) is 18.5. The van der Waals surface area contributed by atoms with Crippen LogP contribution in [0.25, 0.3) is 11.1 Å². The summed E-state index contributed by atoms with van der Waals surface area (Å²) >= 11 is 0. The first-order valence-corrected chi connectivity index (χ1v) is 12.1. The lowest BCUT2D eigenvalue weighted by Gasteiger charge is -2.43. The highest BCUT2D eigenvalue weighted by Crippen LogP contribution is 2.41. The Morgan fingerprint density at radius 2 is 1.73 bits per heavy atom. The lowest BCUT2D eigenvalue weighted by Crippen LogP contribution is -2.49. The lowest BCUT2D eigenvalue weighted by atomic mass is 9.81. The summed E-state index contributed by atoms with van der Waals surface area (Å²) in [4.78, 5) is 12.7. The molecule has 33 heavy (non-hydrogen) atoms. The van der Waals surface area contributed by atoms with Crippen LogP contribution in [0.3, 0.4) is 0 Å². The molecule has 0 saturated carbocycles. The molecule has 8 heteroatoms. The Morgan fingerprint density at radius 3 is 2.52 bits per heavy atom. The number of sulfonamides is 1. The smallest absolute Gasteiger partial charge is 0.250 e. The molecule has 3 heterocycles. The molecule has 0 radical (unpaired) electrons. The predicted molar refractivity (Wildman–Crippen MR) is 122 cm³/mol. The second-order valence-electron chi connectivity index (χ2n) is 8.50. The minimum absolute atomic E-state index is 0.00124. The van der Waals surface area contributed by atoms with Crippen LogP contribution in [0, 0.1) is 28.6 Å². The van der Waals surface area contributed by atoms with E-state index >= 15 is 0 Å². The molecule has 1 fully saturated rings. The van der Waals surface area contributed by atoms with Crippen LogP contribution in [0.1, 0.15) is 29.2 Å². The maximum absolute atomic E-state index is 13.5. The van der Waals surface area contributed by atoms with Crippen LogP contribution in [0.15, 0.2) is 70.4 Å². The summed E-state index contributed by atoms with van der Waals surface area (Å²) in [6, 6.07) is 20.9. The van der Waals surface area contributed by atoms with Crippen molar-refractivity contribution in [1.29, 1.82) is 10.5 Å². The summed E-state index contributed by atoms with van der Waals surface area (Å²) in [5, 5.41) is 18.7. The minimum Gasteiger partial charge on any atom is -0.311 e. The van der Waals surface area contributed by atoms with Gasteiger partial charge in [0.2, 0.25) is 10.0 Å². The lowest BCUT2D eigenvalue weighted by molar-refractivity contribution is 0.187. The van der Waals surface area contributed by atoms with E-state index in [9.17, 15) is 23.7 Å². The number of aromatic nitrogens is 1. The van der Waals surface area contributed by atoms with Gasteiger partial charge in [-0.15, -0.1) is 0 Å². The second kappa shape index (κ2) is 8.00. The van der Waals surface area contributed by atoms with Crippen molar-refractivity contribution >= 4 is 10.0 Å². The Bertz CT molecular complexity index is 1510. The van der Waals surface area contributed by atoms with E-state index in [0.717, 1.165) is 23.2 Å². The van der Waals surface area contributed by atoms with Crippen molar-refractivity contribution < 1.29 is 8.42 Å². The van der Waals surface area contributed by atoms with Gasteiger partial charge in [-0.3, -0.25) is 4.79 Å². The maximum atomic E-state index is 13.5. The fourth-order valence-electron chi connectivity index (χ4n) is 5.09. The SMILES string of the molecule is N#Cc1cccc(-c2ccc(=O)n3c2[C@@H]2C[C@H](CN(S(=O)(=O)c4ccccc4C#N)C2)C3)c1. The second-order valence-corrected chi connectivity index (χ2v) is 10.4. The highest BCUT2D eigenvalue weighted by Gasteiger charge is 2.41. The first-order chi connectivity index (χ1) is 15.9. The van der Waals surface area contributed by atoms with E-state index in [-0.39, 0.29) is 34.4 Å². The van der Waals surface area contributed by atoms with Gasteiger partial charge in [0.25, 0.3) is 5.56 Å². The fourth-order valence-corrected chi connectivity index (χ4v) is 6.79. The summed E-state index contributed by atoms with van der Waals surface area (Å²) < 4.78 is 30.2. The Labute approximate surface area is 191 Å². The molecule has 1 saturated heterocycles. The van der Waals surface area contributed by atoms with E-state index in [0.29, 0.717) is 18.7 Å². The van der Waals surface area contributed by atoms with Crippen molar-refractivity contribution in [2.75, 3.05) is 13.1 Å². The first-order valence-electron chi connectivity index (χ1n) is 10.7. The molecule has 7 nitrogen and oxygen atoms in total. The van der Waals surface area contributed by atoms with E-state index in [2.05, 4.69) is 6.07 Å². The van der Waals surface area contributed by atoms with Gasteiger partial charge in [0.05, 0.1) is 22.1 Å². The summed E-state index contributed by atoms with van der Waals surface area (Å²) in [6.07, 6.45) is 0.778. The zero-order chi connectivity index (χ0) is 23.2. The average Bonchev–Trinajstić information content (AvgIpc) is 2.84. The maximum Gasteiger partial charge on any atom is 0.250 e. The Kier molecular flexibility index (Phi) is 5.13. The highest BCUT2D eigenvalue weighted by atomic mass is 32.2. The van der Waals surface area contributed by atoms with E-state index < -0.39 is 10.0 Å². The number of benzene rings is 2. The van der Waals surface area contributed by atoms with Crippen LogP contribution >= 0.6 is 0 Å². The quantitative estimate of drug-likeness (QED) is 0.602. The molecule has 0 unspecified atom stereocenters. The Balaban J connectivity index is 1.60. The van der Waals surface area contributed by atoms with Crippen molar-refractivity contribution in [3.63, 3.8) is 0 Å². The molecule has 0 aliphatic carbocycles. The first kappa shape index (κ1) is 21.1. The van der Waals surface area contributed by atoms with Gasteiger partial charge in [-0.2, -0.15) is 14.8 Å². The molecule has 3 aromatic rings. The number of pyridine rings is 1. The summed E-state index contributed by atoms with van der Waals surface area (Å²) in [5.41, 5.74) is 3.01. The third kappa shape index (κ3) is 3.54. The number of rotatable bonds is 3. The van der Waals surface area contributed by atoms with Crippen molar-refractivity contribution in [3.8, 4) is 23.3 Å². The van der Waals surface area contributed by atoms with Gasteiger partial charge in [0.1, 0.15) is 6.07 Å². The summed E-state index contributed by atoms with van der Waals surface area (Å²) in [5.74, 6) is -0.171. The third-order valence-corrected chi connectivity index (χ3v) is 8.37. The van der Waals surface area contributed by atoms with Gasteiger partial charge in [0.15, 0.2) is 0 Å². The molecular formula is C25H20N4O3S. The van der Waals surface area contributed by atoms with Gasteiger partial charge in [-0.05, 0) is 48.2 Å². The van der Waals surface area contributed by atoms with Crippen LogP contribution in [-0.2, 0) is 16.6 Å². The van der Waals surface area contributed by atoms with Crippen LogP contribution < -0.4 is 5.56 Å². The van der Waals surface area contributed by atoms with Gasteiger partial charge in [-0.25, -0.2) is 8.42 Å². The van der Waals surface area contributed by atoms with Crippen LogP contribution in [0.5, 0.6) is 0 Å². The summed E-state index contributed by atoms with van der Waals surface area (Å²) in [7, 11) is -3.87. The monoisotopic (exact) mass is 456 g/mol. The molecule has 2 bridgehead atoms. The fraction of sp³-hybridized carbons (Fsp3) is 0.240. The number of fused-ring (bicyclic) bond motifs is 4. The number of hydrogen-bond acceptors (Lipinski definition) is 5. The molecule has 0 amide bonds. The molecule has 2 aromatic carbocycles. The molecule has 0 spiro atoms. The highest BCUT2D eigenvalue weighted by molar-refractivity contribution is 7.89. The van der Waals surface area contributed by atoms with E-state index in [1.54, 1.807) is 41.0 Å². The van der Waals surface area contributed by atoms with E-state index in [1.165, 1.54) is 22.5 Å². The summed E-state index contributed by atoms with van der Waals surface area (Å²) in [6.45, 7) is 0.966. The van der Waals surface area contributed by atoms with Crippen molar-refractivity contribution in [2.24, 2.45) is 5.92 Å². The molecule has 1 aromatic heterocycles. The molecule has 0 N–H and O–H groups in total. The largest absolute Gasteiger partial charge is 0.311 e. The molecule has 2 aliphatic heterocycles. The van der Waals surface area contributed by atoms with Gasteiger partial charge in [-0.1, -0.05) is 24.3 Å². The van der Waals surface area contributed by atoms with Crippen molar-refractivity contribution in [2.45, 2.75) is 23.8 Å². The van der Waals surface area contributed by atoms with Crippen molar-refractivity contribution in [3.05, 3.63) is 87.8 Å². The standard InChI is InChI=1S/C25H20N4O3S/c26-12-17-4-3-6-19(10-17)22-8-9-24(30)29-15-18-11-21(25(22)29)16-28(14-18)33(31,32)23-7-2-1-5-20(23)13-27/h1-10,18,21H,11,14-16H2/t18-,21-/m1/s1. The molecular weight excluding hydrogens is 436 g/mol. The molecule has 164 valence electrons. The number of nitriles is 2. The zero-order valence-electron chi connectivity index (χ0n) is 17.7. The normalized spacial score (nSPS) is 19.8. The molecule has 2 atom stereocenters.